The van der Waals surface area contributed by atoms with E-state index in [0.29, 0.717) is 0 Å². The van der Waals surface area contributed by atoms with Crippen molar-refractivity contribution in [3.63, 3.8) is 0 Å². The average molecular weight is 995 g/mol. The summed E-state index contributed by atoms with van der Waals surface area (Å²) in [6, 6.07) is 67.6. The number of nitrogens with zero attached hydrogens (tertiary/aromatic N) is 4. The lowest BCUT2D eigenvalue weighted by atomic mass is 9.81. The molecule has 0 N–H and O–H groups in total. The van der Waals surface area contributed by atoms with Gasteiger partial charge in [-0.25, -0.2) is 0 Å². The van der Waals surface area contributed by atoms with Crippen LogP contribution in [-0.4, -0.2) is 9.97 Å². The Kier molecular flexibility index (Phi) is 11.3. The predicted octanol–water partition coefficient (Wildman–Crippen LogP) is 19.3. The number of aryl methyl sites for hydroxylation is 2. The van der Waals surface area contributed by atoms with Crippen LogP contribution in [0.25, 0.3) is 57.7 Å². The molecule has 374 valence electrons. The first-order chi connectivity index (χ1) is 37.2. The van der Waals surface area contributed by atoms with Crippen LogP contribution in [0.1, 0.15) is 108 Å². The van der Waals surface area contributed by atoms with Crippen molar-refractivity contribution in [2.24, 2.45) is 0 Å². The third-order valence-corrected chi connectivity index (χ3v) is 16.9. The third-order valence-electron chi connectivity index (χ3n) is 16.9. The van der Waals surface area contributed by atoms with Crippen molar-refractivity contribution in [2.45, 2.75) is 71.6 Å². The van der Waals surface area contributed by atoms with E-state index in [1.807, 2.05) is 36.9 Å². The Morgan fingerprint density at radius 3 is 0.883 bits per heavy atom. The molecule has 0 radical (unpaired) electrons. The van der Waals surface area contributed by atoms with Crippen LogP contribution in [0.5, 0.6) is 0 Å². The van der Waals surface area contributed by atoms with E-state index in [1.165, 1.54) is 100 Å². The molecule has 3 aliphatic carbocycles. The van der Waals surface area contributed by atoms with Gasteiger partial charge in [-0.15, -0.1) is 0 Å². The number of rotatable bonds is 10. The number of hydrogen-bond acceptors (Lipinski definition) is 4. The van der Waals surface area contributed by atoms with Crippen LogP contribution < -0.4 is 9.80 Å². The minimum Gasteiger partial charge on any atom is -0.309 e. The van der Waals surface area contributed by atoms with Crippen molar-refractivity contribution in [1.82, 2.24) is 9.97 Å². The van der Waals surface area contributed by atoms with E-state index in [1.54, 1.807) is 0 Å². The fourth-order valence-corrected chi connectivity index (χ4v) is 12.7. The second kappa shape index (κ2) is 18.2. The highest BCUT2D eigenvalue weighted by Crippen LogP contribution is 2.54. The number of pyridine rings is 2. The quantitative estimate of drug-likeness (QED) is 0.128. The normalized spacial score (nSPS) is 14.7. The molecule has 0 bridgehead atoms. The number of fused-ring (bicyclic) bond motifs is 9. The molecular weight excluding hydrogens is 933 g/mol. The maximum absolute atomic E-state index is 4.49. The summed E-state index contributed by atoms with van der Waals surface area (Å²) in [6.45, 7) is 18.5. The largest absolute Gasteiger partial charge is 0.309 e. The monoisotopic (exact) mass is 994 g/mol. The third kappa shape index (κ3) is 8.13. The topological polar surface area (TPSA) is 32.3 Å². The van der Waals surface area contributed by atoms with Crippen molar-refractivity contribution in [1.29, 1.82) is 0 Å². The summed E-state index contributed by atoms with van der Waals surface area (Å²) in [5.41, 5.74) is 29.3. The minimum absolute atomic E-state index is 0.152. The van der Waals surface area contributed by atoms with E-state index in [-0.39, 0.29) is 16.2 Å². The van der Waals surface area contributed by atoms with E-state index in [4.69, 9.17) is 0 Å². The van der Waals surface area contributed by atoms with Crippen LogP contribution in [0.4, 0.5) is 34.1 Å². The van der Waals surface area contributed by atoms with E-state index < -0.39 is 0 Å². The Bertz CT molecular complexity index is 3780. The summed E-state index contributed by atoms with van der Waals surface area (Å²) in [5.74, 6) is 0. The zero-order valence-corrected chi connectivity index (χ0v) is 45.2. The van der Waals surface area contributed by atoms with Crippen LogP contribution in [0.15, 0.2) is 207 Å². The Morgan fingerprint density at radius 2 is 0.584 bits per heavy atom. The smallest absolute Gasteiger partial charge is 0.0644 e. The highest BCUT2D eigenvalue weighted by Gasteiger charge is 2.39. The molecule has 10 aromatic rings. The van der Waals surface area contributed by atoms with Gasteiger partial charge in [0, 0.05) is 51.4 Å². The van der Waals surface area contributed by atoms with Crippen molar-refractivity contribution >= 4 is 58.4 Å². The lowest BCUT2D eigenvalue weighted by Gasteiger charge is -2.28. The second-order valence-electron chi connectivity index (χ2n) is 23.0. The molecule has 0 atom stereocenters. The lowest BCUT2D eigenvalue weighted by Crippen LogP contribution is -2.16. The minimum atomic E-state index is -0.182. The van der Waals surface area contributed by atoms with E-state index >= 15 is 0 Å². The molecule has 2 heterocycles. The first kappa shape index (κ1) is 47.8. The molecule has 4 heteroatoms. The molecule has 0 aliphatic heterocycles. The van der Waals surface area contributed by atoms with Crippen LogP contribution in [0.2, 0.25) is 0 Å². The van der Waals surface area contributed by atoms with E-state index in [9.17, 15) is 0 Å². The van der Waals surface area contributed by atoms with Gasteiger partial charge in [0.2, 0.25) is 0 Å². The molecule has 0 amide bonds. The lowest BCUT2D eigenvalue weighted by molar-refractivity contribution is 0.660. The van der Waals surface area contributed by atoms with Gasteiger partial charge in [0.25, 0.3) is 0 Å². The van der Waals surface area contributed by atoms with Gasteiger partial charge in [0.15, 0.2) is 0 Å². The summed E-state index contributed by atoms with van der Waals surface area (Å²) in [4.78, 5) is 13.6. The molecule has 0 saturated carbocycles. The molecule has 0 unspecified atom stereocenters. The van der Waals surface area contributed by atoms with Gasteiger partial charge in [-0.05, 0) is 187 Å². The molecule has 2 aromatic heterocycles. The van der Waals surface area contributed by atoms with Gasteiger partial charge in [0.05, 0.1) is 23.8 Å². The van der Waals surface area contributed by atoms with Gasteiger partial charge in [-0.1, -0.05) is 175 Å². The SMILES string of the molecule is Cc1cccc(N(c2cccnc2)c2ccc3c(c2)C(C)(C)c2cc(/C=C/c4ccc5c(c4)C(C)(C)c4cc(/C=C/c6ccc7c(c6)C(C)(C)c6cc(N(c8cccnc8)c8cccc(C)c8)ccc6-7)ccc4-5)ccc2-3)c1. The molecule has 77 heavy (non-hydrogen) atoms. The second-order valence-corrected chi connectivity index (χ2v) is 23.0. The van der Waals surface area contributed by atoms with Gasteiger partial charge < -0.3 is 9.80 Å². The standard InChI is InChI=1S/C73H62N4/c1-47-13-9-15-53(37-47)76(57-17-11-35-74-45-57)55-27-33-63-61-31-25-51(41-67(61)72(5,6)69(63)43-55)21-19-49-23-29-59-60-30-24-50(40-66(60)71(3,4)65(59)39-49)20-22-52-26-32-62-64-34-28-56(44-70(64)73(7,8)68(62)42-52)77(58-18-12-36-75-46-58)54-16-10-14-48(2)38-54/h9-46H,1-8H3/b21-19+,22-20+. The molecular formula is C73H62N4. The summed E-state index contributed by atoms with van der Waals surface area (Å²) < 4.78 is 0. The van der Waals surface area contributed by atoms with Crippen molar-refractivity contribution in [3.05, 3.63) is 274 Å². The Morgan fingerprint density at radius 1 is 0.299 bits per heavy atom. The molecule has 0 fully saturated rings. The number of anilines is 6. The Hall–Kier alpha value is -8.86. The summed E-state index contributed by atoms with van der Waals surface area (Å²) in [5, 5.41) is 0. The summed E-state index contributed by atoms with van der Waals surface area (Å²) in [6.07, 6.45) is 16.7. The number of benzene rings is 8. The van der Waals surface area contributed by atoms with Gasteiger partial charge >= 0.3 is 0 Å². The maximum atomic E-state index is 4.49. The molecule has 13 rings (SSSR count). The molecule has 8 aromatic carbocycles. The fourth-order valence-electron chi connectivity index (χ4n) is 12.7. The van der Waals surface area contributed by atoms with Gasteiger partial charge in [-0.3, -0.25) is 9.97 Å². The maximum Gasteiger partial charge on any atom is 0.0644 e. The number of aromatic nitrogens is 2. The van der Waals surface area contributed by atoms with Crippen molar-refractivity contribution < 1.29 is 0 Å². The molecule has 0 spiro atoms. The van der Waals surface area contributed by atoms with Gasteiger partial charge in [-0.2, -0.15) is 0 Å². The first-order valence-electron chi connectivity index (χ1n) is 27.0. The first-order valence-corrected chi connectivity index (χ1v) is 27.0. The Balaban J connectivity index is 0.732. The molecule has 0 saturated heterocycles. The zero-order chi connectivity index (χ0) is 52.8. The highest BCUT2D eigenvalue weighted by molar-refractivity contribution is 5.90. The number of hydrogen-bond donors (Lipinski definition) is 0. The van der Waals surface area contributed by atoms with Gasteiger partial charge in [0.1, 0.15) is 0 Å². The summed E-state index contributed by atoms with van der Waals surface area (Å²) in [7, 11) is 0. The predicted molar refractivity (Wildman–Crippen MR) is 324 cm³/mol. The van der Waals surface area contributed by atoms with Crippen LogP contribution in [0.3, 0.4) is 0 Å². The van der Waals surface area contributed by atoms with E-state index in [2.05, 4.69) is 269 Å². The molecule has 3 aliphatic rings. The average Bonchev–Trinajstić information content (AvgIpc) is 4.12. The van der Waals surface area contributed by atoms with Crippen molar-refractivity contribution in [2.75, 3.05) is 9.80 Å². The highest BCUT2D eigenvalue weighted by atomic mass is 15.2. The molecule has 4 nitrogen and oxygen atoms in total. The van der Waals surface area contributed by atoms with E-state index in [0.717, 1.165) is 34.1 Å². The Labute approximate surface area is 454 Å². The van der Waals surface area contributed by atoms with Crippen LogP contribution in [-0.2, 0) is 16.2 Å². The van der Waals surface area contributed by atoms with Crippen LogP contribution >= 0.6 is 0 Å². The zero-order valence-electron chi connectivity index (χ0n) is 45.2. The summed E-state index contributed by atoms with van der Waals surface area (Å²) >= 11 is 0. The fraction of sp³-hybridized carbons (Fsp3) is 0.151. The van der Waals surface area contributed by atoms with Crippen LogP contribution in [0, 0.1) is 13.8 Å². The van der Waals surface area contributed by atoms with Crippen molar-refractivity contribution in [3.8, 4) is 33.4 Å².